The van der Waals surface area contributed by atoms with E-state index in [1.54, 1.807) is 75.8 Å². The Kier molecular flexibility index (Phi) is 6.78. The van der Waals surface area contributed by atoms with Gasteiger partial charge in [-0.2, -0.15) is 10.2 Å². The van der Waals surface area contributed by atoms with Gasteiger partial charge in [0.1, 0.15) is 0 Å². The summed E-state index contributed by atoms with van der Waals surface area (Å²) in [7, 11) is 2.99. The lowest BCUT2D eigenvalue weighted by Gasteiger charge is -2.25. The number of hydrogen-bond acceptors (Lipinski definition) is 8. The lowest BCUT2D eigenvalue weighted by molar-refractivity contribution is -0.122. The molecule has 3 aromatic carbocycles. The van der Waals surface area contributed by atoms with Gasteiger partial charge in [-0.15, -0.1) is 0 Å². The third-order valence-electron chi connectivity index (χ3n) is 6.59. The second-order valence-corrected chi connectivity index (χ2v) is 10.00. The van der Waals surface area contributed by atoms with E-state index in [0.717, 1.165) is 16.3 Å². The molecule has 5 rings (SSSR count). The maximum atomic E-state index is 12.6. The zero-order valence-electron chi connectivity index (χ0n) is 22.5. The lowest BCUT2D eigenvalue weighted by atomic mass is 9.98. The van der Waals surface area contributed by atoms with Crippen molar-refractivity contribution >= 4 is 50.6 Å². The van der Waals surface area contributed by atoms with Crippen LogP contribution in [-0.4, -0.2) is 57.6 Å². The van der Waals surface area contributed by atoms with E-state index in [-0.39, 0.29) is 11.8 Å². The first kappa shape index (κ1) is 26.5. The van der Waals surface area contributed by atoms with Crippen LogP contribution >= 0.6 is 0 Å². The van der Waals surface area contributed by atoms with E-state index in [0.29, 0.717) is 39.1 Å². The van der Waals surface area contributed by atoms with Gasteiger partial charge in [-0.1, -0.05) is 18.2 Å². The number of aromatic hydroxyl groups is 1. The molecule has 0 atom stereocenters. The van der Waals surface area contributed by atoms with Crippen molar-refractivity contribution in [3.8, 4) is 5.88 Å². The molecular formula is C30H28N6O4. The number of nitrogens with one attached hydrogen (secondary N) is 1. The minimum absolute atomic E-state index is 0.101. The Labute approximate surface area is 230 Å². The fraction of sp³-hybridized carbons (Fsp3) is 0.167. The fourth-order valence-electron chi connectivity index (χ4n) is 4.50. The maximum Gasteiger partial charge on any atom is 0.337 e. The van der Waals surface area contributed by atoms with Gasteiger partial charge < -0.3 is 25.5 Å². The highest BCUT2D eigenvalue weighted by Gasteiger charge is 2.26. The van der Waals surface area contributed by atoms with Crippen LogP contribution in [0, 0.1) is 0 Å². The molecule has 5 aromatic rings. The number of fused-ring (bicyclic) bond motifs is 2. The van der Waals surface area contributed by atoms with Gasteiger partial charge in [0.2, 0.25) is 5.91 Å². The molecule has 0 fully saturated rings. The number of H-pyrrole nitrogens is 1. The van der Waals surface area contributed by atoms with Gasteiger partial charge in [0.05, 0.1) is 47.6 Å². The number of aliphatic imine (C=N–C) groups is 1. The van der Waals surface area contributed by atoms with Crippen LogP contribution in [0.1, 0.15) is 35.3 Å². The van der Waals surface area contributed by atoms with E-state index in [4.69, 9.17) is 15.5 Å². The number of hydrogen-bond donors (Lipinski definition) is 3. The Morgan fingerprint density at radius 3 is 2.33 bits per heavy atom. The summed E-state index contributed by atoms with van der Waals surface area (Å²) < 4.78 is 4.84. The second kappa shape index (κ2) is 10.2. The average molecular weight is 537 g/mol. The molecule has 0 spiro atoms. The van der Waals surface area contributed by atoms with Crippen LogP contribution in [0.15, 0.2) is 78.0 Å². The number of amides is 1. The van der Waals surface area contributed by atoms with E-state index in [2.05, 4.69) is 15.2 Å². The zero-order valence-corrected chi connectivity index (χ0v) is 22.5. The Hall–Kier alpha value is -5.09. The number of ether oxygens (including phenoxy) is 1. The summed E-state index contributed by atoms with van der Waals surface area (Å²) in [5.74, 6) is -0.807. The monoisotopic (exact) mass is 536 g/mol. The van der Waals surface area contributed by atoms with Crippen molar-refractivity contribution in [3.05, 3.63) is 89.7 Å². The van der Waals surface area contributed by atoms with Crippen molar-refractivity contribution < 1.29 is 19.4 Å². The summed E-state index contributed by atoms with van der Waals surface area (Å²) in [4.78, 5) is 34.1. The number of likely N-dealkylation sites (N-methyl/N-ethyl adjacent to an activating group) is 1. The predicted octanol–water partition coefficient (Wildman–Crippen LogP) is 4.47. The standard InChI is InChI=1S/C30H28N6O4/c1-30(2,31)29(39)36(3)22-10-8-21(9-11-22)34-26(17-5-6-19-15-32-33-16-20(19)13-17)25-23-12-7-18(28(38)40-4)14-24(23)35-27(25)37/h5-16,35,37H,31H2,1-4H3. The van der Waals surface area contributed by atoms with E-state index in [9.17, 15) is 14.7 Å². The summed E-state index contributed by atoms with van der Waals surface area (Å²) in [6.45, 7) is 3.32. The van der Waals surface area contributed by atoms with Gasteiger partial charge in [-0.3, -0.25) is 4.79 Å². The van der Waals surface area contributed by atoms with Crippen LogP contribution in [0.25, 0.3) is 21.7 Å². The quantitative estimate of drug-likeness (QED) is 0.214. The molecule has 202 valence electrons. The summed E-state index contributed by atoms with van der Waals surface area (Å²) in [5.41, 5.74) is 8.83. The molecule has 0 unspecified atom stereocenters. The fourth-order valence-corrected chi connectivity index (χ4v) is 4.50. The molecule has 0 aliphatic rings. The van der Waals surface area contributed by atoms with Crippen LogP contribution in [0.2, 0.25) is 0 Å². The van der Waals surface area contributed by atoms with Crippen LogP contribution in [0.4, 0.5) is 11.4 Å². The third kappa shape index (κ3) is 4.99. The van der Waals surface area contributed by atoms with Gasteiger partial charge in [0.25, 0.3) is 0 Å². The first-order chi connectivity index (χ1) is 19.1. The van der Waals surface area contributed by atoms with Gasteiger partial charge in [0.15, 0.2) is 5.88 Å². The third-order valence-corrected chi connectivity index (χ3v) is 6.59. The number of rotatable bonds is 6. The van der Waals surface area contributed by atoms with Gasteiger partial charge >= 0.3 is 5.97 Å². The summed E-state index contributed by atoms with van der Waals surface area (Å²) in [6.07, 6.45) is 3.33. The molecule has 0 aliphatic carbocycles. The molecule has 10 nitrogen and oxygen atoms in total. The number of benzene rings is 3. The van der Waals surface area contributed by atoms with E-state index >= 15 is 0 Å². The minimum atomic E-state index is -1.01. The smallest absolute Gasteiger partial charge is 0.337 e. The van der Waals surface area contributed by atoms with E-state index in [1.807, 2.05) is 18.2 Å². The number of nitrogens with two attached hydrogens (primary N) is 1. The Morgan fingerprint density at radius 1 is 0.975 bits per heavy atom. The maximum absolute atomic E-state index is 12.6. The topological polar surface area (TPSA) is 147 Å². The summed E-state index contributed by atoms with van der Waals surface area (Å²) in [6, 6.07) is 17.9. The Bertz CT molecular complexity index is 1780. The molecule has 1 amide bonds. The molecule has 0 saturated carbocycles. The molecule has 0 radical (unpaired) electrons. The lowest BCUT2D eigenvalue weighted by Crippen LogP contribution is -2.49. The molecule has 0 bridgehead atoms. The van der Waals surface area contributed by atoms with Gasteiger partial charge in [-0.05, 0) is 56.3 Å². The first-order valence-corrected chi connectivity index (χ1v) is 12.5. The van der Waals surface area contributed by atoms with Crippen LogP contribution in [0.3, 0.4) is 0 Å². The number of aromatic amines is 1. The number of aromatic nitrogens is 3. The summed E-state index contributed by atoms with van der Waals surface area (Å²) in [5, 5.41) is 21.4. The number of esters is 1. The van der Waals surface area contributed by atoms with Crippen LogP contribution in [0.5, 0.6) is 5.88 Å². The van der Waals surface area contributed by atoms with E-state index in [1.165, 1.54) is 12.0 Å². The van der Waals surface area contributed by atoms with Crippen molar-refractivity contribution in [2.75, 3.05) is 19.1 Å². The number of anilines is 1. The molecule has 10 heteroatoms. The van der Waals surface area contributed by atoms with Gasteiger partial charge in [0, 0.05) is 40.0 Å². The highest BCUT2D eigenvalue weighted by molar-refractivity contribution is 6.22. The van der Waals surface area contributed by atoms with Crippen LogP contribution < -0.4 is 10.6 Å². The molecule has 2 heterocycles. The average Bonchev–Trinajstić information content (AvgIpc) is 3.28. The number of carbonyl (C=O) groups excluding carboxylic acids is 2. The number of nitrogens with zero attached hydrogens (tertiary/aromatic N) is 4. The van der Waals surface area contributed by atoms with Crippen molar-refractivity contribution in [1.82, 2.24) is 15.2 Å². The molecule has 0 aliphatic heterocycles. The molecule has 2 aromatic heterocycles. The summed E-state index contributed by atoms with van der Waals surface area (Å²) >= 11 is 0. The van der Waals surface area contributed by atoms with Crippen molar-refractivity contribution in [3.63, 3.8) is 0 Å². The molecule has 0 saturated heterocycles. The van der Waals surface area contributed by atoms with Crippen molar-refractivity contribution in [1.29, 1.82) is 0 Å². The van der Waals surface area contributed by atoms with Crippen LogP contribution in [-0.2, 0) is 9.53 Å². The first-order valence-electron chi connectivity index (χ1n) is 12.5. The highest BCUT2D eigenvalue weighted by Crippen LogP contribution is 2.33. The molecule has 4 N–H and O–H groups in total. The zero-order chi connectivity index (χ0) is 28.6. The number of carbonyl (C=O) groups is 2. The van der Waals surface area contributed by atoms with Crippen molar-refractivity contribution in [2.45, 2.75) is 19.4 Å². The normalized spacial score (nSPS) is 12.1. The number of methoxy groups -OCH3 is 1. The molecule has 40 heavy (non-hydrogen) atoms. The Balaban J connectivity index is 1.65. The SMILES string of the molecule is COC(=O)c1ccc2c(C(=Nc3ccc(N(C)C(=O)C(C)(C)N)cc3)c3ccc4cnncc4c3)c(O)[nH]c2c1. The molecular weight excluding hydrogens is 508 g/mol. The van der Waals surface area contributed by atoms with E-state index < -0.39 is 11.5 Å². The second-order valence-electron chi connectivity index (χ2n) is 10.00. The minimum Gasteiger partial charge on any atom is -0.494 e. The van der Waals surface area contributed by atoms with Crippen molar-refractivity contribution in [2.24, 2.45) is 10.7 Å². The Morgan fingerprint density at radius 2 is 1.65 bits per heavy atom. The highest BCUT2D eigenvalue weighted by atomic mass is 16.5. The largest absolute Gasteiger partial charge is 0.494 e. The van der Waals surface area contributed by atoms with Gasteiger partial charge in [-0.25, -0.2) is 9.79 Å². The predicted molar refractivity (Wildman–Crippen MR) is 154 cm³/mol.